The van der Waals surface area contributed by atoms with Crippen molar-refractivity contribution in [2.24, 2.45) is 0 Å². The number of benzene rings is 2. The molecule has 0 radical (unpaired) electrons. The van der Waals surface area contributed by atoms with Gasteiger partial charge in [0.1, 0.15) is 29.4 Å². The quantitative estimate of drug-likeness (QED) is 0.381. The highest BCUT2D eigenvalue weighted by Crippen LogP contribution is 2.33. The Morgan fingerprint density at radius 2 is 1.86 bits per heavy atom. The number of hydrogen-bond donors (Lipinski definition) is 2. The summed E-state index contributed by atoms with van der Waals surface area (Å²) in [5.41, 5.74) is 9.82. The van der Waals surface area contributed by atoms with Gasteiger partial charge in [-0.2, -0.15) is 5.10 Å². The maximum absolute atomic E-state index is 14.1. The fraction of sp³-hybridized carbons (Fsp3) is 0.0741. The third-order valence-electron chi connectivity index (χ3n) is 6.25. The van der Waals surface area contributed by atoms with Gasteiger partial charge in [-0.25, -0.2) is 19.0 Å². The SMILES string of the molecule is Cc1ccccc1-n1c(Cn2nc(-c3cc(O)cc(F)c3)c3c(N)ncnc32)cc2ncccc2c1=O. The Labute approximate surface area is 209 Å². The molecule has 6 rings (SSSR count). The van der Waals surface area contributed by atoms with Gasteiger partial charge in [-0.05, 0) is 48.9 Å². The molecule has 9 nitrogen and oxygen atoms in total. The molecule has 0 aliphatic heterocycles. The average Bonchev–Trinajstić information content (AvgIpc) is 3.24. The number of nitrogens with zero attached hydrogens (tertiary/aromatic N) is 6. The summed E-state index contributed by atoms with van der Waals surface area (Å²) in [7, 11) is 0. The van der Waals surface area contributed by atoms with Crippen LogP contribution in [0.1, 0.15) is 11.3 Å². The number of aryl methyl sites for hydroxylation is 1. The van der Waals surface area contributed by atoms with Crippen molar-refractivity contribution in [2.45, 2.75) is 13.5 Å². The molecule has 4 heterocycles. The minimum atomic E-state index is -0.623. The minimum absolute atomic E-state index is 0.129. The van der Waals surface area contributed by atoms with Crippen LogP contribution in [0.15, 0.2) is 78.0 Å². The molecule has 0 spiro atoms. The molecule has 6 aromatic rings. The first-order valence-electron chi connectivity index (χ1n) is 11.4. The molecule has 0 saturated carbocycles. The van der Waals surface area contributed by atoms with Gasteiger partial charge in [0.2, 0.25) is 0 Å². The zero-order chi connectivity index (χ0) is 25.7. The summed E-state index contributed by atoms with van der Waals surface area (Å²) in [5, 5.41) is 15.6. The Kier molecular flexibility index (Phi) is 5.15. The van der Waals surface area contributed by atoms with Crippen molar-refractivity contribution in [3.05, 3.63) is 101 Å². The van der Waals surface area contributed by atoms with Gasteiger partial charge in [0.25, 0.3) is 5.56 Å². The Morgan fingerprint density at radius 1 is 1.03 bits per heavy atom. The van der Waals surface area contributed by atoms with Crippen LogP contribution in [0, 0.1) is 12.7 Å². The van der Waals surface area contributed by atoms with Crippen molar-refractivity contribution >= 4 is 27.8 Å². The first-order chi connectivity index (χ1) is 17.9. The normalized spacial score (nSPS) is 11.4. The van der Waals surface area contributed by atoms with E-state index in [0.717, 1.165) is 17.3 Å². The predicted octanol–water partition coefficient (Wildman–Crippen LogP) is 3.98. The van der Waals surface area contributed by atoms with E-state index in [-0.39, 0.29) is 23.7 Å². The van der Waals surface area contributed by atoms with E-state index in [0.29, 0.717) is 38.9 Å². The van der Waals surface area contributed by atoms with E-state index in [9.17, 15) is 14.3 Å². The summed E-state index contributed by atoms with van der Waals surface area (Å²) in [4.78, 5) is 26.5. The highest BCUT2D eigenvalue weighted by molar-refractivity contribution is 5.98. The van der Waals surface area contributed by atoms with Gasteiger partial charge in [-0.3, -0.25) is 14.3 Å². The molecule has 3 N–H and O–H groups in total. The van der Waals surface area contributed by atoms with Crippen LogP contribution >= 0.6 is 0 Å². The van der Waals surface area contributed by atoms with Crippen molar-refractivity contribution in [1.82, 2.24) is 29.3 Å². The zero-order valence-corrected chi connectivity index (χ0v) is 19.6. The van der Waals surface area contributed by atoms with Crippen molar-refractivity contribution in [3.63, 3.8) is 0 Å². The lowest BCUT2D eigenvalue weighted by Crippen LogP contribution is -2.24. The van der Waals surface area contributed by atoms with E-state index in [4.69, 9.17) is 5.73 Å². The Hall–Kier alpha value is -5.12. The Balaban J connectivity index is 1.61. The number of pyridine rings is 2. The molecule has 0 atom stereocenters. The molecule has 182 valence electrons. The first kappa shape index (κ1) is 22.4. The van der Waals surface area contributed by atoms with Crippen LogP contribution in [0.25, 0.3) is 38.9 Å². The van der Waals surface area contributed by atoms with Crippen molar-refractivity contribution < 1.29 is 9.50 Å². The number of aromatic hydroxyl groups is 1. The van der Waals surface area contributed by atoms with Gasteiger partial charge in [0, 0.05) is 17.8 Å². The second kappa shape index (κ2) is 8.52. The Morgan fingerprint density at radius 3 is 2.68 bits per heavy atom. The molecular formula is C27H20FN7O2. The smallest absolute Gasteiger partial charge is 0.264 e. The van der Waals surface area contributed by atoms with Gasteiger partial charge < -0.3 is 10.8 Å². The summed E-state index contributed by atoms with van der Waals surface area (Å²) in [6.45, 7) is 2.06. The molecular weight excluding hydrogens is 473 g/mol. The fourth-order valence-electron chi connectivity index (χ4n) is 4.59. The summed E-state index contributed by atoms with van der Waals surface area (Å²) < 4.78 is 17.4. The van der Waals surface area contributed by atoms with Crippen LogP contribution < -0.4 is 11.3 Å². The molecule has 4 aromatic heterocycles. The third kappa shape index (κ3) is 3.75. The van der Waals surface area contributed by atoms with Crippen molar-refractivity contribution in [1.29, 1.82) is 0 Å². The van der Waals surface area contributed by atoms with Crippen LogP contribution in [-0.2, 0) is 6.54 Å². The van der Waals surface area contributed by atoms with E-state index in [1.165, 1.54) is 18.5 Å². The number of anilines is 1. The summed E-state index contributed by atoms with van der Waals surface area (Å²) in [6.07, 6.45) is 2.95. The number of fused-ring (bicyclic) bond motifs is 2. The average molecular weight is 494 g/mol. The first-order valence-corrected chi connectivity index (χ1v) is 11.4. The molecule has 0 fully saturated rings. The topological polar surface area (TPSA) is 125 Å². The number of phenols is 1. The summed E-state index contributed by atoms with van der Waals surface area (Å²) in [5.74, 6) is -0.712. The molecule has 0 aliphatic rings. The second-order valence-electron chi connectivity index (χ2n) is 8.66. The second-order valence-corrected chi connectivity index (χ2v) is 8.66. The lowest BCUT2D eigenvalue weighted by atomic mass is 10.1. The summed E-state index contributed by atoms with van der Waals surface area (Å²) >= 11 is 0. The number of nitrogen functional groups attached to an aromatic ring is 1. The van der Waals surface area contributed by atoms with E-state index < -0.39 is 5.82 Å². The fourth-order valence-corrected chi connectivity index (χ4v) is 4.59. The molecule has 2 aromatic carbocycles. The molecule has 10 heteroatoms. The molecule has 0 aliphatic carbocycles. The maximum Gasteiger partial charge on any atom is 0.264 e. The lowest BCUT2D eigenvalue weighted by molar-refractivity contribution is 0.469. The molecule has 0 saturated heterocycles. The largest absolute Gasteiger partial charge is 0.508 e. The highest BCUT2D eigenvalue weighted by Gasteiger charge is 2.20. The van der Waals surface area contributed by atoms with Crippen LogP contribution in [0.3, 0.4) is 0 Å². The van der Waals surface area contributed by atoms with Gasteiger partial charge in [0.05, 0.1) is 34.2 Å². The number of halogens is 1. The van der Waals surface area contributed by atoms with Crippen LogP contribution in [-0.4, -0.2) is 34.4 Å². The van der Waals surface area contributed by atoms with Gasteiger partial charge in [-0.15, -0.1) is 0 Å². The molecule has 37 heavy (non-hydrogen) atoms. The van der Waals surface area contributed by atoms with E-state index in [1.807, 2.05) is 37.3 Å². The highest BCUT2D eigenvalue weighted by atomic mass is 19.1. The number of para-hydroxylation sites is 1. The maximum atomic E-state index is 14.1. The molecule has 0 unspecified atom stereocenters. The number of phenolic OH excluding ortho intramolecular Hbond substituents is 1. The van der Waals surface area contributed by atoms with Crippen LogP contribution in [0.2, 0.25) is 0 Å². The number of hydrogen-bond acceptors (Lipinski definition) is 7. The zero-order valence-electron chi connectivity index (χ0n) is 19.6. The van der Waals surface area contributed by atoms with Gasteiger partial charge in [-0.1, -0.05) is 18.2 Å². The molecule has 0 bridgehead atoms. The van der Waals surface area contributed by atoms with Gasteiger partial charge in [0.15, 0.2) is 5.65 Å². The summed E-state index contributed by atoms with van der Waals surface area (Å²) in [6, 6.07) is 16.6. The van der Waals surface area contributed by atoms with Crippen LogP contribution in [0.4, 0.5) is 10.2 Å². The van der Waals surface area contributed by atoms with E-state index in [2.05, 4.69) is 20.1 Å². The lowest BCUT2D eigenvalue weighted by Gasteiger charge is -2.16. The third-order valence-corrected chi connectivity index (χ3v) is 6.25. The van der Waals surface area contributed by atoms with Crippen LogP contribution in [0.5, 0.6) is 5.75 Å². The Bertz CT molecular complexity index is 1870. The standard InChI is InChI=1S/C27H20FN7O2/c1-15-5-2-3-7-22(15)35-18(12-21-20(27(35)37)6-4-8-30-21)13-34-26-23(25(29)31-14-32-26)24(33-34)16-9-17(28)11-19(36)10-16/h2-12,14,36H,13H2,1H3,(H2,29,31,32). The minimum Gasteiger partial charge on any atom is -0.508 e. The van der Waals surface area contributed by atoms with E-state index >= 15 is 0 Å². The van der Waals surface area contributed by atoms with Crippen molar-refractivity contribution in [2.75, 3.05) is 5.73 Å². The van der Waals surface area contributed by atoms with E-state index in [1.54, 1.807) is 27.6 Å². The monoisotopic (exact) mass is 493 g/mol. The van der Waals surface area contributed by atoms with Crippen molar-refractivity contribution in [3.8, 4) is 22.7 Å². The molecule has 0 amide bonds. The van der Waals surface area contributed by atoms with Gasteiger partial charge >= 0.3 is 0 Å². The number of nitrogens with two attached hydrogens (primary N) is 1. The number of aromatic nitrogens is 6. The number of rotatable bonds is 4. The predicted molar refractivity (Wildman–Crippen MR) is 138 cm³/mol.